The van der Waals surface area contributed by atoms with E-state index in [1.165, 1.54) is 0 Å². The molecule has 0 saturated carbocycles. The molecule has 4 rings (SSSR count). The van der Waals surface area contributed by atoms with Gasteiger partial charge in [0, 0.05) is 24.0 Å². The molecule has 0 saturated heterocycles. The molecule has 3 heteroatoms. The zero-order chi connectivity index (χ0) is 19.1. The van der Waals surface area contributed by atoms with Crippen LogP contribution in [-0.4, -0.2) is 4.98 Å². The van der Waals surface area contributed by atoms with Crippen LogP contribution >= 0.6 is 0 Å². The number of aryl methyl sites for hydroxylation is 2. The van der Waals surface area contributed by atoms with Gasteiger partial charge in [0.05, 0.1) is 10.9 Å². The lowest BCUT2D eigenvalue weighted by atomic mass is 9.93. The molecule has 0 bridgehead atoms. The second-order valence-corrected chi connectivity index (χ2v) is 7.12. The van der Waals surface area contributed by atoms with E-state index in [9.17, 15) is 4.39 Å². The Morgan fingerprint density at radius 1 is 0.926 bits per heavy atom. The highest BCUT2D eigenvalue weighted by atomic mass is 19.1. The Kier molecular flexibility index (Phi) is 4.23. The highest BCUT2D eigenvalue weighted by Gasteiger charge is 2.20. The number of hydrogen-bond acceptors (Lipinski definition) is 1. The van der Waals surface area contributed by atoms with Gasteiger partial charge in [-0.3, -0.25) is 4.98 Å². The maximum absolute atomic E-state index is 14.3. The van der Waals surface area contributed by atoms with Crippen LogP contribution in [0.2, 0.25) is 0 Å². The van der Waals surface area contributed by atoms with Crippen molar-refractivity contribution in [2.75, 3.05) is 0 Å². The predicted octanol–water partition coefficient (Wildman–Crippen LogP) is 5.46. The van der Waals surface area contributed by atoms with E-state index in [0.717, 1.165) is 38.7 Å². The summed E-state index contributed by atoms with van der Waals surface area (Å²) in [5, 5.41) is 2.31. The summed E-state index contributed by atoms with van der Waals surface area (Å²) in [7, 11) is 2.04. The quantitative estimate of drug-likeness (QED) is 0.435. The van der Waals surface area contributed by atoms with E-state index in [2.05, 4.69) is 46.1 Å². The molecule has 134 valence electrons. The van der Waals surface area contributed by atoms with Crippen molar-refractivity contribution in [2.45, 2.75) is 20.8 Å². The smallest absolute Gasteiger partial charge is 0.220 e. The fourth-order valence-electron chi connectivity index (χ4n) is 3.72. The van der Waals surface area contributed by atoms with Crippen LogP contribution in [0.15, 0.2) is 61.1 Å². The molecular formula is C24H22FN2+. The molecule has 27 heavy (non-hydrogen) atoms. The van der Waals surface area contributed by atoms with Crippen molar-refractivity contribution in [1.29, 1.82) is 0 Å². The summed E-state index contributed by atoms with van der Waals surface area (Å²) in [6.07, 6.45) is 5.73. The SMILES string of the molecule is Cc1cc(-c2c3ccc(-c4cccnc4)cc3cc[n+]2C)c(C)c(C)c1F. The number of nitrogens with zero attached hydrogens (tertiary/aromatic N) is 2. The topological polar surface area (TPSA) is 16.8 Å². The Hall–Kier alpha value is -3.07. The minimum atomic E-state index is -0.113. The first-order valence-corrected chi connectivity index (χ1v) is 9.07. The molecule has 0 radical (unpaired) electrons. The number of pyridine rings is 2. The molecule has 0 atom stereocenters. The second-order valence-electron chi connectivity index (χ2n) is 7.12. The Morgan fingerprint density at radius 2 is 1.74 bits per heavy atom. The molecular weight excluding hydrogens is 335 g/mol. The first-order valence-electron chi connectivity index (χ1n) is 9.07. The minimum Gasteiger partial charge on any atom is -0.264 e. The third-order valence-electron chi connectivity index (χ3n) is 5.39. The van der Waals surface area contributed by atoms with Crippen molar-refractivity contribution < 1.29 is 8.96 Å². The van der Waals surface area contributed by atoms with Gasteiger partial charge in [-0.25, -0.2) is 8.96 Å². The van der Waals surface area contributed by atoms with Gasteiger partial charge in [0.15, 0.2) is 6.20 Å². The normalized spacial score (nSPS) is 11.1. The fraction of sp³-hybridized carbons (Fsp3) is 0.167. The second kappa shape index (κ2) is 6.58. The number of hydrogen-bond donors (Lipinski definition) is 0. The van der Waals surface area contributed by atoms with Gasteiger partial charge in [-0.1, -0.05) is 12.1 Å². The molecule has 0 aliphatic rings. The lowest BCUT2D eigenvalue weighted by Gasteiger charge is -2.13. The Balaban J connectivity index is 1.98. The van der Waals surface area contributed by atoms with Crippen molar-refractivity contribution in [3.05, 3.63) is 83.6 Å². The molecule has 4 aromatic rings. The van der Waals surface area contributed by atoms with E-state index in [-0.39, 0.29) is 5.82 Å². The number of halogens is 1. The Labute approximate surface area is 159 Å². The largest absolute Gasteiger partial charge is 0.264 e. The van der Waals surface area contributed by atoms with Crippen LogP contribution in [0.1, 0.15) is 16.7 Å². The zero-order valence-electron chi connectivity index (χ0n) is 16.0. The van der Waals surface area contributed by atoms with Gasteiger partial charge in [0.2, 0.25) is 5.69 Å². The maximum Gasteiger partial charge on any atom is 0.220 e. The van der Waals surface area contributed by atoms with Gasteiger partial charge in [-0.2, -0.15) is 0 Å². The lowest BCUT2D eigenvalue weighted by molar-refractivity contribution is -0.659. The van der Waals surface area contributed by atoms with E-state index in [4.69, 9.17) is 0 Å². The van der Waals surface area contributed by atoms with Crippen molar-refractivity contribution >= 4 is 10.8 Å². The number of rotatable bonds is 2. The molecule has 2 aromatic carbocycles. The third kappa shape index (κ3) is 2.89. The van der Waals surface area contributed by atoms with Gasteiger partial charge in [-0.15, -0.1) is 0 Å². The monoisotopic (exact) mass is 357 g/mol. The molecule has 0 unspecified atom stereocenters. The van der Waals surface area contributed by atoms with Gasteiger partial charge >= 0.3 is 0 Å². The Morgan fingerprint density at radius 3 is 2.48 bits per heavy atom. The van der Waals surface area contributed by atoms with E-state index < -0.39 is 0 Å². The highest BCUT2D eigenvalue weighted by Crippen LogP contribution is 2.33. The fourth-order valence-corrected chi connectivity index (χ4v) is 3.72. The number of benzene rings is 2. The molecule has 0 amide bonds. The van der Waals surface area contributed by atoms with Crippen LogP contribution in [0.4, 0.5) is 4.39 Å². The first-order chi connectivity index (χ1) is 13.0. The van der Waals surface area contributed by atoms with Crippen LogP contribution < -0.4 is 4.57 Å². The summed E-state index contributed by atoms with van der Waals surface area (Å²) in [5.41, 5.74) is 6.79. The van der Waals surface area contributed by atoms with E-state index in [1.807, 2.05) is 46.1 Å². The van der Waals surface area contributed by atoms with Crippen LogP contribution in [0.25, 0.3) is 33.2 Å². The van der Waals surface area contributed by atoms with Crippen molar-refractivity contribution in [2.24, 2.45) is 7.05 Å². The third-order valence-corrected chi connectivity index (χ3v) is 5.39. The molecule has 0 fully saturated rings. The maximum atomic E-state index is 14.3. The lowest BCUT2D eigenvalue weighted by Crippen LogP contribution is -2.31. The molecule has 0 aliphatic heterocycles. The summed E-state index contributed by atoms with van der Waals surface area (Å²) in [4.78, 5) is 4.22. The van der Waals surface area contributed by atoms with Crippen molar-refractivity contribution in [3.8, 4) is 22.4 Å². The molecule has 2 nitrogen and oxygen atoms in total. The molecule has 2 aromatic heterocycles. The molecule has 0 N–H and O–H groups in total. The van der Waals surface area contributed by atoms with E-state index >= 15 is 0 Å². The average molecular weight is 357 g/mol. The zero-order valence-corrected chi connectivity index (χ0v) is 16.0. The van der Waals surface area contributed by atoms with Crippen LogP contribution in [0.5, 0.6) is 0 Å². The van der Waals surface area contributed by atoms with Gasteiger partial charge < -0.3 is 0 Å². The summed E-state index contributed by atoms with van der Waals surface area (Å²) in [6, 6.07) is 14.6. The predicted molar refractivity (Wildman–Crippen MR) is 108 cm³/mol. The van der Waals surface area contributed by atoms with Gasteiger partial charge in [0.25, 0.3) is 0 Å². The Bertz CT molecular complexity index is 1160. The summed E-state index contributed by atoms with van der Waals surface area (Å²) < 4.78 is 16.4. The highest BCUT2D eigenvalue weighted by molar-refractivity contribution is 5.96. The first kappa shape index (κ1) is 17.3. The number of fused-ring (bicyclic) bond motifs is 1. The van der Waals surface area contributed by atoms with E-state index in [1.54, 1.807) is 6.20 Å². The van der Waals surface area contributed by atoms with Gasteiger partial charge in [-0.05, 0) is 72.7 Å². The average Bonchev–Trinajstić information content (AvgIpc) is 2.70. The van der Waals surface area contributed by atoms with Crippen LogP contribution in [0, 0.1) is 26.6 Å². The van der Waals surface area contributed by atoms with Crippen LogP contribution in [0.3, 0.4) is 0 Å². The summed E-state index contributed by atoms with van der Waals surface area (Å²) >= 11 is 0. The molecule has 0 spiro atoms. The summed E-state index contributed by atoms with van der Waals surface area (Å²) in [5.74, 6) is -0.113. The number of aromatic nitrogens is 2. The summed E-state index contributed by atoms with van der Waals surface area (Å²) in [6.45, 7) is 5.68. The van der Waals surface area contributed by atoms with Crippen LogP contribution in [-0.2, 0) is 7.05 Å². The van der Waals surface area contributed by atoms with Crippen molar-refractivity contribution in [3.63, 3.8) is 0 Å². The van der Waals surface area contributed by atoms with E-state index in [0.29, 0.717) is 11.1 Å². The molecule has 2 heterocycles. The minimum absolute atomic E-state index is 0.113. The van der Waals surface area contributed by atoms with Crippen molar-refractivity contribution in [1.82, 2.24) is 4.98 Å². The standard InChI is InChI=1S/C24H22FN2/c1-15-12-22(16(2)17(3)23(15)25)24-21-8-7-18(20-6-5-10-26-14-20)13-19(21)9-11-27(24)4/h5-14H,1-4H3/q+1. The molecule has 0 aliphatic carbocycles. The van der Waals surface area contributed by atoms with Gasteiger partial charge in [0.1, 0.15) is 12.9 Å².